The second-order valence-corrected chi connectivity index (χ2v) is 14.2. The van der Waals surface area contributed by atoms with Crippen molar-refractivity contribution < 1.29 is 33.3 Å². The van der Waals surface area contributed by atoms with Gasteiger partial charge in [0, 0.05) is 36.3 Å². The number of pyridine rings is 1. The zero-order valence-electron chi connectivity index (χ0n) is 27.6. The van der Waals surface area contributed by atoms with E-state index in [9.17, 15) is 19.4 Å². The van der Waals surface area contributed by atoms with Gasteiger partial charge < -0.3 is 24.6 Å². The highest BCUT2D eigenvalue weighted by Gasteiger charge is 2.39. The molecule has 3 aromatic rings. The minimum atomic E-state index is -1.44. The van der Waals surface area contributed by atoms with E-state index in [1.807, 2.05) is 0 Å². The van der Waals surface area contributed by atoms with E-state index >= 15 is 4.39 Å². The molecule has 1 aliphatic rings. The van der Waals surface area contributed by atoms with Crippen LogP contribution in [-0.4, -0.2) is 46.5 Å². The number of carboxylic acids is 1. The lowest BCUT2D eigenvalue weighted by Crippen LogP contribution is -2.40. The highest BCUT2D eigenvalue weighted by Crippen LogP contribution is 2.47. The second-order valence-electron chi connectivity index (χ2n) is 14.2. The number of halogens is 2. The minimum Gasteiger partial charge on any atom is -0.490 e. The number of benzene rings is 2. The van der Waals surface area contributed by atoms with Crippen molar-refractivity contribution in [2.45, 2.75) is 92.0 Å². The van der Waals surface area contributed by atoms with Gasteiger partial charge in [0.15, 0.2) is 17.7 Å². The van der Waals surface area contributed by atoms with Crippen LogP contribution < -0.4 is 9.64 Å². The van der Waals surface area contributed by atoms with Gasteiger partial charge >= 0.3 is 5.97 Å². The molecule has 2 N–H and O–H groups in total. The van der Waals surface area contributed by atoms with Gasteiger partial charge in [0.25, 0.3) is 0 Å². The third kappa shape index (κ3) is 8.38. The van der Waals surface area contributed by atoms with Gasteiger partial charge in [0.1, 0.15) is 11.4 Å². The molecule has 2 aromatic carbocycles. The molecule has 1 fully saturated rings. The summed E-state index contributed by atoms with van der Waals surface area (Å²) in [6.07, 6.45) is 0.835. The van der Waals surface area contributed by atoms with Crippen molar-refractivity contribution in [1.82, 2.24) is 4.98 Å². The molecule has 0 amide bonds. The SMILES string of the molecule is Cc1nc(C(C)(C)O)c(-c2ccc(OCCc3ccc(F)cc3)c(F)c2)c(N2CCC(C)(C)CC2)c1C(OC(C)(C)C)C(=O)O. The fraction of sp³-hybridized carbons (Fsp3) is 0.500. The number of ether oxygens (including phenoxy) is 2. The molecule has 1 atom stereocenters. The lowest BCUT2D eigenvalue weighted by Gasteiger charge is -2.42. The third-order valence-electron chi connectivity index (χ3n) is 8.15. The van der Waals surface area contributed by atoms with Gasteiger partial charge in [-0.15, -0.1) is 0 Å². The zero-order chi connectivity index (χ0) is 33.3. The molecule has 7 nitrogen and oxygen atoms in total. The number of hydrogen-bond donors (Lipinski definition) is 2. The number of aliphatic carboxylic acids is 1. The first kappa shape index (κ1) is 34.3. The highest BCUT2D eigenvalue weighted by molar-refractivity contribution is 5.88. The van der Waals surface area contributed by atoms with Crippen LogP contribution >= 0.6 is 0 Å². The summed E-state index contributed by atoms with van der Waals surface area (Å²) in [5.41, 5.74) is 1.34. The number of hydrogen-bond acceptors (Lipinski definition) is 6. The summed E-state index contributed by atoms with van der Waals surface area (Å²) in [5, 5.41) is 21.8. The fourth-order valence-electron chi connectivity index (χ4n) is 5.69. The van der Waals surface area contributed by atoms with Crippen molar-refractivity contribution in [2.24, 2.45) is 5.41 Å². The predicted octanol–water partition coefficient (Wildman–Crippen LogP) is 7.75. The number of piperidine rings is 1. The summed E-state index contributed by atoms with van der Waals surface area (Å²) in [7, 11) is 0. The lowest BCUT2D eigenvalue weighted by atomic mass is 9.81. The average molecular weight is 625 g/mol. The van der Waals surface area contributed by atoms with Crippen LogP contribution in [-0.2, 0) is 21.6 Å². The van der Waals surface area contributed by atoms with Crippen molar-refractivity contribution >= 4 is 11.7 Å². The van der Waals surface area contributed by atoms with Gasteiger partial charge in [0.05, 0.1) is 23.6 Å². The first-order chi connectivity index (χ1) is 20.9. The molecule has 1 saturated heterocycles. The first-order valence-electron chi connectivity index (χ1n) is 15.5. The molecule has 244 valence electrons. The van der Waals surface area contributed by atoms with Crippen molar-refractivity contribution in [1.29, 1.82) is 0 Å². The molecule has 0 bridgehead atoms. The third-order valence-corrected chi connectivity index (χ3v) is 8.15. The van der Waals surface area contributed by atoms with Crippen molar-refractivity contribution in [3.8, 4) is 16.9 Å². The van der Waals surface area contributed by atoms with Crippen molar-refractivity contribution in [3.63, 3.8) is 0 Å². The van der Waals surface area contributed by atoms with Gasteiger partial charge in [-0.1, -0.05) is 32.0 Å². The van der Waals surface area contributed by atoms with E-state index in [1.165, 1.54) is 24.3 Å². The molecule has 1 unspecified atom stereocenters. The maximum Gasteiger partial charge on any atom is 0.337 e. The lowest BCUT2D eigenvalue weighted by molar-refractivity contribution is -0.160. The van der Waals surface area contributed by atoms with Crippen molar-refractivity contribution in [3.05, 3.63) is 76.6 Å². The minimum absolute atomic E-state index is 0.0479. The molecule has 0 saturated carbocycles. The van der Waals surface area contributed by atoms with E-state index in [4.69, 9.17) is 14.5 Å². The number of nitrogens with zero attached hydrogens (tertiary/aromatic N) is 2. The van der Waals surface area contributed by atoms with Crippen LogP contribution in [0.1, 0.15) is 89.9 Å². The summed E-state index contributed by atoms with van der Waals surface area (Å²) in [6.45, 7) is 16.2. The highest BCUT2D eigenvalue weighted by atomic mass is 19.1. The summed E-state index contributed by atoms with van der Waals surface area (Å²) >= 11 is 0. The Labute approximate surface area is 265 Å². The van der Waals surface area contributed by atoms with E-state index in [2.05, 4.69) is 18.7 Å². The number of carbonyl (C=O) groups is 1. The van der Waals surface area contributed by atoms with E-state index in [0.717, 1.165) is 18.4 Å². The normalized spacial score (nSPS) is 16.0. The largest absolute Gasteiger partial charge is 0.490 e. The van der Waals surface area contributed by atoms with Crippen LogP contribution in [0.3, 0.4) is 0 Å². The Bertz CT molecular complexity index is 1510. The maximum atomic E-state index is 15.7. The molecular formula is C36H46F2N2O5. The summed E-state index contributed by atoms with van der Waals surface area (Å²) in [6, 6.07) is 10.7. The molecule has 2 heterocycles. The van der Waals surface area contributed by atoms with Crippen LogP contribution in [0.15, 0.2) is 42.5 Å². The predicted molar refractivity (Wildman–Crippen MR) is 172 cm³/mol. The Kier molecular flexibility index (Phi) is 9.95. The average Bonchev–Trinajstić information content (AvgIpc) is 2.92. The van der Waals surface area contributed by atoms with Crippen LogP contribution in [0, 0.1) is 24.0 Å². The van der Waals surface area contributed by atoms with E-state index in [1.54, 1.807) is 59.7 Å². The molecule has 1 aromatic heterocycles. The quantitative estimate of drug-likeness (QED) is 0.238. The summed E-state index contributed by atoms with van der Waals surface area (Å²) < 4.78 is 40.9. The Morgan fingerprint density at radius 2 is 1.67 bits per heavy atom. The first-order valence-corrected chi connectivity index (χ1v) is 15.5. The van der Waals surface area contributed by atoms with E-state index in [-0.39, 0.29) is 23.6 Å². The van der Waals surface area contributed by atoms with Gasteiger partial charge in [-0.05, 0) is 95.2 Å². The monoisotopic (exact) mass is 624 g/mol. The van der Waals surface area contributed by atoms with Crippen LogP contribution in [0.25, 0.3) is 11.1 Å². The van der Waals surface area contributed by atoms with E-state index in [0.29, 0.717) is 53.3 Å². The zero-order valence-corrected chi connectivity index (χ0v) is 27.6. The van der Waals surface area contributed by atoms with Gasteiger partial charge in [0.2, 0.25) is 0 Å². The summed E-state index contributed by atoms with van der Waals surface area (Å²) in [4.78, 5) is 19.7. The standard InChI is InChI=1S/C36H46F2N2O5/c1-22-28(31(33(41)42)45-34(2,3)4)30(40-18-16-35(5,6)17-19-40)29(32(39-22)36(7,8)43)24-11-14-27(26(38)21-24)44-20-15-23-9-12-25(37)13-10-23/h9-14,21,31,43H,15-20H2,1-8H3,(H,41,42). The van der Waals surface area contributed by atoms with E-state index < -0.39 is 29.1 Å². The topological polar surface area (TPSA) is 92.1 Å². The number of aryl methyl sites for hydroxylation is 1. The van der Waals surface area contributed by atoms with Gasteiger partial charge in [-0.2, -0.15) is 0 Å². The Hall–Kier alpha value is -3.56. The molecule has 0 radical (unpaired) electrons. The number of anilines is 1. The molecule has 0 aliphatic carbocycles. The van der Waals surface area contributed by atoms with Crippen LogP contribution in [0.5, 0.6) is 5.75 Å². The summed E-state index contributed by atoms with van der Waals surface area (Å²) in [5.74, 6) is -2.05. The molecule has 45 heavy (non-hydrogen) atoms. The number of carboxylic acid groups (broad SMARTS) is 1. The second kappa shape index (κ2) is 13.0. The molecule has 1 aliphatic heterocycles. The smallest absolute Gasteiger partial charge is 0.337 e. The van der Waals surface area contributed by atoms with Gasteiger partial charge in [-0.3, -0.25) is 4.98 Å². The molecule has 0 spiro atoms. The van der Waals surface area contributed by atoms with Crippen LogP contribution in [0.2, 0.25) is 0 Å². The Balaban J connectivity index is 1.87. The van der Waals surface area contributed by atoms with Crippen molar-refractivity contribution in [2.75, 3.05) is 24.6 Å². The number of rotatable bonds is 10. The maximum absolute atomic E-state index is 15.7. The molecular weight excluding hydrogens is 578 g/mol. The molecule has 4 rings (SSSR count). The Morgan fingerprint density at radius 3 is 2.20 bits per heavy atom. The van der Waals surface area contributed by atoms with Gasteiger partial charge in [-0.25, -0.2) is 13.6 Å². The number of aliphatic hydroxyl groups is 1. The van der Waals surface area contributed by atoms with Crippen LogP contribution in [0.4, 0.5) is 14.5 Å². The molecule has 9 heteroatoms. The number of aromatic nitrogens is 1. The fourth-order valence-corrected chi connectivity index (χ4v) is 5.69. The Morgan fingerprint density at radius 1 is 1.04 bits per heavy atom.